The SMILES string of the molecule is O=C(CC[C@@H]1N=C2c3ccccc3N=C(SCC(=O)N3CCN(c4ccccc4)CC3)N2C1=O)NCc1ccc(F)cc1. The molecule has 0 saturated carbocycles. The number of hydrogen-bond donors (Lipinski definition) is 1. The Balaban J connectivity index is 1.07. The molecular formula is C32H31FN6O3S. The molecule has 0 aromatic heterocycles. The zero-order valence-corrected chi connectivity index (χ0v) is 24.3. The Morgan fingerprint density at radius 1 is 0.930 bits per heavy atom. The molecule has 0 spiro atoms. The van der Waals surface area contributed by atoms with E-state index >= 15 is 0 Å². The van der Waals surface area contributed by atoms with Gasteiger partial charge in [0.05, 0.1) is 11.4 Å². The van der Waals surface area contributed by atoms with E-state index in [0.29, 0.717) is 29.8 Å². The summed E-state index contributed by atoms with van der Waals surface area (Å²) >= 11 is 1.24. The van der Waals surface area contributed by atoms with Crippen molar-refractivity contribution in [1.29, 1.82) is 0 Å². The topological polar surface area (TPSA) is 97.7 Å². The molecule has 0 aliphatic carbocycles. The third kappa shape index (κ3) is 6.46. The van der Waals surface area contributed by atoms with Crippen LogP contribution >= 0.6 is 11.8 Å². The number of halogens is 1. The molecule has 3 heterocycles. The van der Waals surface area contributed by atoms with E-state index in [2.05, 4.69) is 22.3 Å². The van der Waals surface area contributed by atoms with Crippen molar-refractivity contribution in [2.24, 2.45) is 9.98 Å². The number of benzene rings is 3. The summed E-state index contributed by atoms with van der Waals surface area (Å²) in [5.74, 6) is -0.161. The predicted octanol–water partition coefficient (Wildman–Crippen LogP) is 3.96. The van der Waals surface area contributed by atoms with Crippen molar-refractivity contribution in [2.45, 2.75) is 25.4 Å². The van der Waals surface area contributed by atoms with Gasteiger partial charge in [0.25, 0.3) is 5.91 Å². The minimum Gasteiger partial charge on any atom is -0.368 e. The number of carbonyl (C=O) groups is 3. The van der Waals surface area contributed by atoms with Gasteiger partial charge in [-0.15, -0.1) is 0 Å². The maximum atomic E-state index is 13.6. The smallest absolute Gasteiger partial charge is 0.259 e. The van der Waals surface area contributed by atoms with Crippen LogP contribution in [0.25, 0.3) is 0 Å². The number of thioether (sulfide) groups is 1. The van der Waals surface area contributed by atoms with E-state index in [4.69, 9.17) is 9.98 Å². The Hall–Kier alpha value is -4.51. The van der Waals surface area contributed by atoms with Gasteiger partial charge in [-0.25, -0.2) is 14.3 Å². The molecule has 1 saturated heterocycles. The number of rotatable bonds is 8. The number of anilines is 1. The number of amides is 3. The van der Waals surface area contributed by atoms with Gasteiger partial charge < -0.3 is 15.1 Å². The number of aliphatic imine (C=N–C) groups is 2. The quantitative estimate of drug-likeness (QED) is 0.424. The van der Waals surface area contributed by atoms with Crippen LogP contribution in [-0.2, 0) is 20.9 Å². The van der Waals surface area contributed by atoms with E-state index < -0.39 is 6.04 Å². The maximum absolute atomic E-state index is 13.6. The van der Waals surface area contributed by atoms with Gasteiger partial charge in [-0.05, 0) is 48.4 Å². The summed E-state index contributed by atoms with van der Waals surface area (Å²) < 4.78 is 13.1. The minimum absolute atomic E-state index is 0.00113. The first-order valence-corrected chi connectivity index (χ1v) is 15.3. The Morgan fingerprint density at radius 3 is 2.42 bits per heavy atom. The van der Waals surface area contributed by atoms with E-state index in [-0.39, 0.29) is 48.7 Å². The van der Waals surface area contributed by atoms with Crippen LogP contribution in [-0.4, -0.2) is 76.5 Å². The minimum atomic E-state index is -0.731. The molecule has 9 nitrogen and oxygen atoms in total. The number of para-hydroxylation sites is 2. The van der Waals surface area contributed by atoms with E-state index in [0.717, 1.165) is 29.9 Å². The monoisotopic (exact) mass is 598 g/mol. The Morgan fingerprint density at radius 2 is 1.65 bits per heavy atom. The molecule has 3 aliphatic heterocycles. The highest BCUT2D eigenvalue weighted by Gasteiger charge is 2.41. The van der Waals surface area contributed by atoms with Crippen molar-refractivity contribution in [2.75, 3.05) is 36.8 Å². The molecule has 0 unspecified atom stereocenters. The average Bonchev–Trinajstić information content (AvgIpc) is 3.39. The molecule has 43 heavy (non-hydrogen) atoms. The molecule has 3 aliphatic rings. The highest BCUT2D eigenvalue weighted by Crippen LogP contribution is 2.34. The summed E-state index contributed by atoms with van der Waals surface area (Å²) in [7, 11) is 0. The molecule has 3 aromatic carbocycles. The molecule has 0 radical (unpaired) electrons. The summed E-state index contributed by atoms with van der Waals surface area (Å²) in [5, 5.41) is 3.23. The molecule has 11 heteroatoms. The second-order valence-corrected chi connectivity index (χ2v) is 11.4. The molecular weight excluding hydrogens is 567 g/mol. The lowest BCUT2D eigenvalue weighted by Crippen LogP contribution is -2.49. The van der Waals surface area contributed by atoms with E-state index in [9.17, 15) is 18.8 Å². The van der Waals surface area contributed by atoms with Gasteiger partial charge in [0.15, 0.2) is 5.17 Å². The Bertz CT molecular complexity index is 1570. The standard InChI is InChI=1S/C32H31FN6O3S/c33-23-12-10-22(11-13-23)20-34-28(40)15-14-27-31(42)39-30(35-27)25-8-4-5-9-26(25)36-32(39)43-21-29(41)38-18-16-37(17-19-38)24-6-2-1-3-7-24/h1-13,27H,14-21H2,(H,34,40)/t27-/m0/s1. The van der Waals surface area contributed by atoms with E-state index in [1.165, 1.54) is 28.8 Å². The zero-order chi connectivity index (χ0) is 29.8. The molecule has 0 bridgehead atoms. The summed E-state index contributed by atoms with van der Waals surface area (Å²) in [4.78, 5) is 54.3. The third-order valence-corrected chi connectivity index (χ3v) is 8.60. The van der Waals surface area contributed by atoms with Crippen LogP contribution in [0.4, 0.5) is 15.8 Å². The van der Waals surface area contributed by atoms with Crippen molar-refractivity contribution >= 4 is 51.9 Å². The van der Waals surface area contributed by atoms with Gasteiger partial charge in [-0.2, -0.15) is 0 Å². The Kier molecular flexibility index (Phi) is 8.50. The van der Waals surface area contributed by atoms with Crippen LogP contribution in [0.3, 0.4) is 0 Å². The fourth-order valence-corrected chi connectivity index (χ4v) is 6.22. The maximum Gasteiger partial charge on any atom is 0.259 e. The van der Waals surface area contributed by atoms with Crippen LogP contribution in [0.1, 0.15) is 24.0 Å². The van der Waals surface area contributed by atoms with Gasteiger partial charge in [0, 0.05) is 50.4 Å². The lowest BCUT2D eigenvalue weighted by atomic mass is 10.1. The fourth-order valence-electron chi connectivity index (χ4n) is 5.32. The second-order valence-electron chi connectivity index (χ2n) is 10.5. The molecule has 1 fully saturated rings. The van der Waals surface area contributed by atoms with Crippen LogP contribution in [0.5, 0.6) is 0 Å². The van der Waals surface area contributed by atoms with Crippen LogP contribution in [0.2, 0.25) is 0 Å². The van der Waals surface area contributed by atoms with Crippen molar-refractivity contribution in [3.8, 4) is 0 Å². The number of amidine groups is 2. The van der Waals surface area contributed by atoms with Crippen molar-refractivity contribution in [3.63, 3.8) is 0 Å². The molecule has 1 N–H and O–H groups in total. The van der Waals surface area contributed by atoms with Gasteiger partial charge in [-0.3, -0.25) is 19.4 Å². The summed E-state index contributed by atoms with van der Waals surface area (Å²) in [6, 6.07) is 22.8. The summed E-state index contributed by atoms with van der Waals surface area (Å²) in [5.41, 5.74) is 3.37. The molecule has 6 rings (SSSR count). The van der Waals surface area contributed by atoms with Gasteiger partial charge in [-0.1, -0.05) is 54.2 Å². The van der Waals surface area contributed by atoms with E-state index in [1.54, 1.807) is 12.1 Å². The fraction of sp³-hybridized carbons (Fsp3) is 0.281. The lowest BCUT2D eigenvalue weighted by molar-refractivity contribution is -0.129. The first kappa shape index (κ1) is 28.6. The van der Waals surface area contributed by atoms with Gasteiger partial charge >= 0.3 is 0 Å². The van der Waals surface area contributed by atoms with Crippen molar-refractivity contribution < 1.29 is 18.8 Å². The van der Waals surface area contributed by atoms with Gasteiger partial charge in [0.2, 0.25) is 11.8 Å². The molecule has 220 valence electrons. The van der Waals surface area contributed by atoms with Gasteiger partial charge in [0.1, 0.15) is 17.7 Å². The van der Waals surface area contributed by atoms with Crippen LogP contribution < -0.4 is 10.2 Å². The number of nitrogens with zero attached hydrogens (tertiary/aromatic N) is 5. The first-order chi connectivity index (χ1) is 21.0. The second kappa shape index (κ2) is 12.8. The number of piperazine rings is 1. The third-order valence-electron chi connectivity index (χ3n) is 7.67. The highest BCUT2D eigenvalue weighted by atomic mass is 32.2. The lowest BCUT2D eigenvalue weighted by Gasteiger charge is -2.36. The van der Waals surface area contributed by atoms with Crippen molar-refractivity contribution in [1.82, 2.24) is 15.1 Å². The van der Waals surface area contributed by atoms with Crippen LogP contribution in [0.15, 0.2) is 88.8 Å². The van der Waals surface area contributed by atoms with E-state index in [1.807, 2.05) is 47.4 Å². The normalized spacial score (nSPS) is 17.7. The number of hydrogen-bond acceptors (Lipinski definition) is 7. The number of fused-ring (bicyclic) bond motifs is 3. The Labute approximate surface area is 253 Å². The predicted molar refractivity (Wildman–Crippen MR) is 166 cm³/mol. The molecule has 3 amide bonds. The largest absolute Gasteiger partial charge is 0.368 e. The molecule has 1 atom stereocenters. The summed E-state index contributed by atoms with van der Waals surface area (Å²) in [6.45, 7) is 3.05. The zero-order valence-electron chi connectivity index (χ0n) is 23.5. The average molecular weight is 599 g/mol. The molecule has 3 aromatic rings. The number of nitrogens with one attached hydrogen (secondary N) is 1. The number of carbonyl (C=O) groups excluding carboxylic acids is 3. The highest BCUT2D eigenvalue weighted by molar-refractivity contribution is 8.14. The van der Waals surface area contributed by atoms with Crippen molar-refractivity contribution in [3.05, 3.63) is 95.8 Å². The van der Waals surface area contributed by atoms with Crippen LogP contribution in [0, 0.1) is 5.82 Å². The summed E-state index contributed by atoms with van der Waals surface area (Å²) in [6.07, 6.45) is 0.343. The first-order valence-electron chi connectivity index (χ1n) is 14.3.